The van der Waals surface area contributed by atoms with E-state index >= 15 is 0 Å². The van der Waals surface area contributed by atoms with Gasteiger partial charge in [0.15, 0.2) is 6.10 Å². The van der Waals surface area contributed by atoms with Gasteiger partial charge in [0.25, 0.3) is 0 Å². The molecule has 0 aromatic rings. The fourth-order valence-electron chi connectivity index (χ4n) is 8.37. The highest BCUT2D eigenvalue weighted by atomic mass is 16.6. The smallest absolute Gasteiger partial charge is 0.306 e. The highest BCUT2D eigenvalue weighted by molar-refractivity contribution is 5.71. The van der Waals surface area contributed by atoms with Gasteiger partial charge in [0.1, 0.15) is 13.2 Å². The summed E-state index contributed by atoms with van der Waals surface area (Å²) < 4.78 is 16.7. The van der Waals surface area contributed by atoms with Gasteiger partial charge in [0.05, 0.1) is 0 Å². The van der Waals surface area contributed by atoms with Crippen LogP contribution in [-0.2, 0) is 28.6 Å². The second-order valence-electron chi connectivity index (χ2n) is 19.5. The van der Waals surface area contributed by atoms with Gasteiger partial charge in [-0.25, -0.2) is 0 Å². The van der Waals surface area contributed by atoms with Gasteiger partial charge in [-0.1, -0.05) is 255 Å². The van der Waals surface area contributed by atoms with Crippen LogP contribution in [0.1, 0.15) is 297 Å². The third-order valence-electron chi connectivity index (χ3n) is 12.8. The molecule has 0 aliphatic heterocycles. The van der Waals surface area contributed by atoms with Crippen molar-refractivity contribution in [3.63, 3.8) is 0 Å². The van der Waals surface area contributed by atoms with Crippen molar-refractivity contribution in [3.8, 4) is 0 Å². The largest absolute Gasteiger partial charge is 0.462 e. The zero-order valence-corrected chi connectivity index (χ0v) is 45.1. The summed E-state index contributed by atoms with van der Waals surface area (Å²) in [6.45, 7) is 6.45. The topological polar surface area (TPSA) is 78.9 Å². The molecule has 0 N–H and O–H groups in total. The average Bonchev–Trinajstić information content (AvgIpc) is 3.34. The van der Waals surface area contributed by atoms with Crippen molar-refractivity contribution in [2.24, 2.45) is 0 Å². The zero-order valence-electron chi connectivity index (χ0n) is 45.1. The normalized spacial score (nSPS) is 12.5. The molecule has 1 atom stereocenters. The van der Waals surface area contributed by atoms with E-state index in [1.807, 2.05) is 0 Å². The summed E-state index contributed by atoms with van der Waals surface area (Å²) in [7, 11) is 0. The maximum atomic E-state index is 12.7. The van der Waals surface area contributed by atoms with E-state index in [1.54, 1.807) is 0 Å². The molecule has 0 amide bonds. The second kappa shape index (κ2) is 56.7. The lowest BCUT2D eigenvalue weighted by Crippen LogP contribution is -2.30. The quantitative estimate of drug-likeness (QED) is 0.0262. The van der Waals surface area contributed by atoms with E-state index in [-0.39, 0.29) is 31.1 Å². The Morgan fingerprint density at radius 3 is 0.912 bits per heavy atom. The number of allylic oxidation sites excluding steroid dienone is 10. The second-order valence-corrected chi connectivity index (χ2v) is 19.5. The predicted octanol–water partition coefficient (Wildman–Crippen LogP) is 19.6. The minimum atomic E-state index is -0.771. The number of ether oxygens (including phenoxy) is 3. The van der Waals surface area contributed by atoms with Crippen LogP contribution >= 0.6 is 0 Å². The summed E-state index contributed by atoms with van der Waals surface area (Å²) in [5.74, 6) is -0.887. The monoisotopic (exact) mass is 951 g/mol. The number of hydrogen-bond donors (Lipinski definition) is 0. The van der Waals surface area contributed by atoms with Gasteiger partial charge in [-0.05, 0) is 83.5 Å². The maximum Gasteiger partial charge on any atom is 0.306 e. The van der Waals surface area contributed by atoms with E-state index < -0.39 is 6.10 Å². The molecule has 0 aromatic carbocycles. The maximum absolute atomic E-state index is 12.7. The van der Waals surface area contributed by atoms with Crippen LogP contribution < -0.4 is 0 Å². The molecule has 0 aromatic heterocycles. The minimum absolute atomic E-state index is 0.0742. The fraction of sp³-hybridized carbons (Fsp3) is 0.790. The fourth-order valence-corrected chi connectivity index (χ4v) is 8.37. The first kappa shape index (κ1) is 65.1. The molecular formula is C62H110O6. The van der Waals surface area contributed by atoms with E-state index in [0.717, 1.165) is 96.3 Å². The Bertz CT molecular complexity index is 1230. The molecule has 6 nitrogen and oxygen atoms in total. The van der Waals surface area contributed by atoms with Gasteiger partial charge in [0, 0.05) is 19.3 Å². The van der Waals surface area contributed by atoms with Crippen molar-refractivity contribution in [2.45, 2.75) is 303 Å². The number of esters is 3. The van der Waals surface area contributed by atoms with E-state index in [4.69, 9.17) is 14.2 Å². The molecular weight excluding hydrogens is 841 g/mol. The molecule has 0 aliphatic rings. The Balaban J connectivity index is 3.94. The lowest BCUT2D eigenvalue weighted by molar-refractivity contribution is -0.167. The van der Waals surface area contributed by atoms with Crippen molar-refractivity contribution in [1.29, 1.82) is 0 Å². The Morgan fingerprint density at radius 1 is 0.309 bits per heavy atom. The first-order valence-corrected chi connectivity index (χ1v) is 29.3. The van der Waals surface area contributed by atoms with Crippen LogP contribution in [0.3, 0.4) is 0 Å². The molecule has 0 bridgehead atoms. The van der Waals surface area contributed by atoms with E-state index in [0.29, 0.717) is 19.3 Å². The number of rotatable bonds is 53. The highest BCUT2D eigenvalue weighted by Gasteiger charge is 2.19. The van der Waals surface area contributed by atoms with Crippen LogP contribution in [0.25, 0.3) is 0 Å². The SMILES string of the molecule is CC/C=C\C/C=C\C/C=C\C/C=C\CCCCCCCCCCCCCCCCCCCCC(=O)OCC(COC(=O)CCCCCCC)OC(=O)CCCCCCC/C=C\CCCCCCC. The van der Waals surface area contributed by atoms with Crippen molar-refractivity contribution >= 4 is 17.9 Å². The van der Waals surface area contributed by atoms with Gasteiger partial charge in [-0.2, -0.15) is 0 Å². The molecule has 0 fully saturated rings. The Kier molecular flexibility index (Phi) is 54.3. The van der Waals surface area contributed by atoms with Crippen molar-refractivity contribution in [3.05, 3.63) is 60.8 Å². The molecule has 68 heavy (non-hydrogen) atoms. The van der Waals surface area contributed by atoms with Gasteiger partial charge >= 0.3 is 17.9 Å². The minimum Gasteiger partial charge on any atom is -0.462 e. The standard InChI is InChI=1S/C62H110O6/c1-4-7-10-13-15-17-19-21-23-24-25-26-27-28-29-30-31-32-33-34-35-36-37-38-39-41-42-44-46-49-52-55-61(64)67-58-59(57-66-60(63)54-51-48-12-9-6-3)68-62(65)56-53-50-47-45-43-40-22-20-18-16-14-11-8-5-2/h7,10,15,17,20-23,25-26,59H,4-6,8-9,11-14,16,18-19,24,27-58H2,1-3H3/b10-7-,17-15-,22-20-,23-21-,26-25-. The molecule has 0 rings (SSSR count). The number of carbonyl (C=O) groups is 3. The van der Waals surface area contributed by atoms with Crippen LogP contribution in [0.5, 0.6) is 0 Å². The first-order chi connectivity index (χ1) is 33.5. The summed E-state index contributed by atoms with van der Waals surface area (Å²) in [6, 6.07) is 0. The van der Waals surface area contributed by atoms with Crippen molar-refractivity contribution < 1.29 is 28.6 Å². The van der Waals surface area contributed by atoms with Crippen LogP contribution in [0.2, 0.25) is 0 Å². The molecule has 6 heteroatoms. The molecule has 0 saturated carbocycles. The molecule has 1 unspecified atom stereocenters. The molecule has 0 aliphatic carbocycles. The van der Waals surface area contributed by atoms with E-state index in [1.165, 1.54) is 161 Å². The van der Waals surface area contributed by atoms with Gasteiger partial charge in [0.2, 0.25) is 0 Å². The van der Waals surface area contributed by atoms with Crippen molar-refractivity contribution in [2.75, 3.05) is 13.2 Å². The Hall–Kier alpha value is -2.89. The lowest BCUT2D eigenvalue weighted by Gasteiger charge is -2.18. The molecule has 0 spiro atoms. The summed E-state index contributed by atoms with van der Waals surface area (Å²) in [4.78, 5) is 37.7. The van der Waals surface area contributed by atoms with Crippen LogP contribution in [0.15, 0.2) is 60.8 Å². The van der Waals surface area contributed by atoms with E-state index in [2.05, 4.69) is 81.5 Å². The molecule has 0 saturated heterocycles. The molecule has 394 valence electrons. The third kappa shape index (κ3) is 54.1. The summed E-state index contributed by atoms with van der Waals surface area (Å²) in [5.41, 5.74) is 0. The van der Waals surface area contributed by atoms with Crippen LogP contribution in [-0.4, -0.2) is 37.2 Å². The molecule has 0 heterocycles. The van der Waals surface area contributed by atoms with E-state index in [9.17, 15) is 14.4 Å². The number of hydrogen-bond acceptors (Lipinski definition) is 6. The zero-order chi connectivity index (χ0) is 49.3. The summed E-state index contributed by atoms with van der Waals surface area (Å²) in [5, 5.41) is 0. The molecule has 0 radical (unpaired) electrons. The third-order valence-corrected chi connectivity index (χ3v) is 12.8. The van der Waals surface area contributed by atoms with Crippen molar-refractivity contribution in [1.82, 2.24) is 0 Å². The van der Waals surface area contributed by atoms with Crippen LogP contribution in [0.4, 0.5) is 0 Å². The van der Waals surface area contributed by atoms with Gasteiger partial charge in [-0.15, -0.1) is 0 Å². The van der Waals surface area contributed by atoms with Gasteiger partial charge < -0.3 is 14.2 Å². The average molecular weight is 952 g/mol. The summed E-state index contributed by atoms with van der Waals surface area (Å²) in [6.07, 6.45) is 71.3. The predicted molar refractivity (Wildman–Crippen MR) is 293 cm³/mol. The summed E-state index contributed by atoms with van der Waals surface area (Å²) >= 11 is 0. The number of carbonyl (C=O) groups excluding carboxylic acids is 3. The lowest BCUT2D eigenvalue weighted by atomic mass is 10.0. The Morgan fingerprint density at radius 2 is 0.574 bits per heavy atom. The van der Waals surface area contributed by atoms with Gasteiger partial charge in [-0.3, -0.25) is 14.4 Å². The van der Waals surface area contributed by atoms with Crippen LogP contribution in [0, 0.1) is 0 Å². The number of unbranched alkanes of at least 4 members (excludes halogenated alkanes) is 32. The Labute approximate surface area is 421 Å². The first-order valence-electron chi connectivity index (χ1n) is 29.3. The highest BCUT2D eigenvalue weighted by Crippen LogP contribution is 2.16.